The van der Waals surface area contributed by atoms with E-state index in [9.17, 15) is 0 Å². The van der Waals surface area contributed by atoms with Gasteiger partial charge in [-0.05, 0) is 30.5 Å². The summed E-state index contributed by atoms with van der Waals surface area (Å²) in [6, 6.07) is 8.41. The topological polar surface area (TPSA) is 56.7 Å². The molecule has 22 heavy (non-hydrogen) atoms. The molecule has 5 nitrogen and oxygen atoms in total. The zero-order valence-corrected chi connectivity index (χ0v) is 13.7. The minimum absolute atomic E-state index is 0.114. The first-order valence-corrected chi connectivity index (χ1v) is 8.05. The van der Waals surface area contributed by atoms with E-state index in [0.29, 0.717) is 11.6 Å². The van der Waals surface area contributed by atoms with Crippen molar-refractivity contribution in [3.05, 3.63) is 52.7 Å². The first-order chi connectivity index (χ1) is 10.7. The molecule has 0 atom stereocenters. The highest BCUT2D eigenvalue weighted by molar-refractivity contribution is 9.10. The average molecular weight is 359 g/mol. The van der Waals surface area contributed by atoms with Crippen molar-refractivity contribution in [1.82, 2.24) is 19.7 Å². The minimum Gasteiger partial charge on any atom is -0.340 e. The number of imidazole rings is 1. The van der Waals surface area contributed by atoms with Gasteiger partial charge in [0.15, 0.2) is 5.82 Å². The van der Waals surface area contributed by atoms with Gasteiger partial charge >= 0.3 is 0 Å². The van der Waals surface area contributed by atoms with Gasteiger partial charge in [-0.15, -0.1) is 0 Å². The monoisotopic (exact) mass is 358 g/mol. The van der Waals surface area contributed by atoms with E-state index in [0.717, 1.165) is 23.1 Å². The average Bonchev–Trinajstić information content (AvgIpc) is 3.09. The molecule has 0 N–H and O–H groups in total. The van der Waals surface area contributed by atoms with Crippen molar-refractivity contribution in [2.24, 2.45) is 7.05 Å². The third-order valence-corrected chi connectivity index (χ3v) is 4.91. The normalized spacial score (nSPS) is 16.5. The van der Waals surface area contributed by atoms with Gasteiger partial charge in [0.2, 0.25) is 0 Å². The summed E-state index contributed by atoms with van der Waals surface area (Å²) in [7, 11) is 1.92. The van der Waals surface area contributed by atoms with Crippen molar-refractivity contribution in [3.63, 3.8) is 0 Å². The lowest BCUT2D eigenvalue weighted by molar-refractivity contribution is 0.273. The molecule has 0 amide bonds. The van der Waals surface area contributed by atoms with E-state index in [1.165, 1.54) is 12.0 Å². The van der Waals surface area contributed by atoms with Crippen molar-refractivity contribution < 1.29 is 4.52 Å². The summed E-state index contributed by atoms with van der Waals surface area (Å²) in [6.45, 7) is 0. The van der Waals surface area contributed by atoms with Crippen LogP contribution in [0.1, 0.15) is 30.7 Å². The number of aromatic nitrogens is 4. The molecular weight excluding hydrogens is 344 g/mol. The van der Waals surface area contributed by atoms with Gasteiger partial charge in [0.25, 0.3) is 5.89 Å². The Labute approximate surface area is 136 Å². The maximum absolute atomic E-state index is 5.44. The van der Waals surface area contributed by atoms with Crippen LogP contribution in [0.5, 0.6) is 0 Å². The molecule has 1 aliphatic carbocycles. The first kappa shape index (κ1) is 13.7. The lowest BCUT2D eigenvalue weighted by Gasteiger charge is -2.39. The van der Waals surface area contributed by atoms with E-state index in [1.54, 1.807) is 6.33 Å². The van der Waals surface area contributed by atoms with Gasteiger partial charge in [-0.1, -0.05) is 39.6 Å². The van der Waals surface area contributed by atoms with Gasteiger partial charge in [-0.2, -0.15) is 4.98 Å². The van der Waals surface area contributed by atoms with Crippen molar-refractivity contribution in [2.45, 2.75) is 24.7 Å². The Morgan fingerprint density at radius 2 is 2.00 bits per heavy atom. The van der Waals surface area contributed by atoms with Crippen molar-refractivity contribution in [1.29, 1.82) is 0 Å². The molecule has 1 aliphatic rings. The van der Waals surface area contributed by atoms with Gasteiger partial charge in [0.1, 0.15) is 5.69 Å². The quantitative estimate of drug-likeness (QED) is 0.716. The molecular formula is C16H15BrN4O. The highest BCUT2D eigenvalue weighted by Crippen LogP contribution is 2.48. The Hall–Kier alpha value is -1.95. The highest BCUT2D eigenvalue weighted by Gasteiger charge is 2.44. The summed E-state index contributed by atoms with van der Waals surface area (Å²) in [4.78, 5) is 8.89. The van der Waals surface area contributed by atoms with Crippen LogP contribution in [0.3, 0.4) is 0 Å². The Morgan fingerprint density at radius 3 is 2.59 bits per heavy atom. The minimum atomic E-state index is -0.114. The van der Waals surface area contributed by atoms with Crippen molar-refractivity contribution >= 4 is 15.9 Å². The molecule has 0 unspecified atom stereocenters. The molecule has 3 aromatic rings. The number of halogens is 1. The predicted octanol–water partition coefficient (Wildman–Crippen LogP) is 3.70. The summed E-state index contributed by atoms with van der Waals surface area (Å²) in [5, 5.41) is 4.25. The van der Waals surface area contributed by atoms with E-state index < -0.39 is 0 Å². The van der Waals surface area contributed by atoms with E-state index in [-0.39, 0.29) is 5.41 Å². The lowest BCUT2D eigenvalue weighted by Crippen LogP contribution is -2.36. The number of rotatable bonds is 3. The van der Waals surface area contributed by atoms with Gasteiger partial charge in [-0.25, -0.2) is 4.98 Å². The fourth-order valence-corrected chi connectivity index (χ4v) is 3.25. The number of hydrogen-bond donors (Lipinski definition) is 0. The molecule has 6 heteroatoms. The zero-order chi connectivity index (χ0) is 15.2. The number of benzene rings is 1. The second kappa shape index (κ2) is 5.05. The van der Waals surface area contributed by atoms with E-state index >= 15 is 0 Å². The largest absolute Gasteiger partial charge is 0.340 e. The van der Waals surface area contributed by atoms with Crippen LogP contribution in [0.2, 0.25) is 0 Å². The Bertz CT molecular complexity index is 802. The third-order valence-electron chi connectivity index (χ3n) is 4.38. The lowest BCUT2D eigenvalue weighted by atomic mass is 9.64. The molecule has 2 heterocycles. The molecule has 112 valence electrons. The molecule has 0 radical (unpaired) electrons. The number of hydrogen-bond acceptors (Lipinski definition) is 4. The zero-order valence-electron chi connectivity index (χ0n) is 12.2. The van der Waals surface area contributed by atoms with Crippen LogP contribution in [-0.2, 0) is 12.5 Å². The summed E-state index contributed by atoms with van der Waals surface area (Å²) in [5.41, 5.74) is 1.85. The summed E-state index contributed by atoms with van der Waals surface area (Å²) in [6.07, 6.45) is 6.90. The predicted molar refractivity (Wildman–Crippen MR) is 85.3 cm³/mol. The van der Waals surface area contributed by atoms with Gasteiger partial charge < -0.3 is 9.09 Å². The number of nitrogens with zero attached hydrogens (tertiary/aromatic N) is 4. The smallest absolute Gasteiger partial charge is 0.278 e. The maximum atomic E-state index is 5.44. The fraction of sp³-hybridized carbons (Fsp3) is 0.312. The van der Waals surface area contributed by atoms with Crippen LogP contribution in [0.15, 0.2) is 45.8 Å². The SMILES string of the molecule is Cn1cnc(-c2nc(C3(c4ccc(Br)cc4)CCC3)no2)c1. The molecule has 2 aromatic heterocycles. The van der Waals surface area contributed by atoms with Crippen LogP contribution >= 0.6 is 15.9 Å². The van der Waals surface area contributed by atoms with Crippen LogP contribution in [0, 0.1) is 0 Å². The van der Waals surface area contributed by atoms with E-state index in [1.807, 2.05) is 17.8 Å². The second-order valence-electron chi connectivity index (χ2n) is 5.79. The number of aryl methyl sites for hydroxylation is 1. The van der Waals surface area contributed by atoms with Crippen molar-refractivity contribution in [2.75, 3.05) is 0 Å². The molecule has 0 bridgehead atoms. The Morgan fingerprint density at radius 1 is 1.23 bits per heavy atom. The van der Waals surface area contributed by atoms with Gasteiger partial charge in [0, 0.05) is 17.7 Å². The summed E-state index contributed by atoms with van der Waals surface area (Å²) in [5.74, 6) is 1.25. The molecule has 1 saturated carbocycles. The van der Waals surface area contributed by atoms with E-state index in [2.05, 4.69) is 55.3 Å². The molecule has 0 saturated heterocycles. The maximum Gasteiger partial charge on any atom is 0.278 e. The van der Waals surface area contributed by atoms with E-state index in [4.69, 9.17) is 4.52 Å². The molecule has 0 spiro atoms. The Kier molecular flexibility index (Phi) is 3.14. The van der Waals surface area contributed by atoms with Crippen LogP contribution in [0.25, 0.3) is 11.6 Å². The molecule has 1 fully saturated rings. The first-order valence-electron chi connectivity index (χ1n) is 7.26. The molecule has 4 rings (SSSR count). The van der Waals surface area contributed by atoms with Gasteiger partial charge in [-0.3, -0.25) is 0 Å². The van der Waals surface area contributed by atoms with Gasteiger partial charge in [0.05, 0.1) is 11.7 Å². The third kappa shape index (κ3) is 2.09. The van der Waals surface area contributed by atoms with Crippen LogP contribution in [-0.4, -0.2) is 19.7 Å². The summed E-state index contributed by atoms with van der Waals surface area (Å²) >= 11 is 3.49. The van der Waals surface area contributed by atoms with Crippen LogP contribution < -0.4 is 0 Å². The molecule has 1 aromatic carbocycles. The van der Waals surface area contributed by atoms with Crippen molar-refractivity contribution in [3.8, 4) is 11.6 Å². The summed E-state index contributed by atoms with van der Waals surface area (Å²) < 4.78 is 8.39. The Balaban J connectivity index is 1.73. The molecule has 0 aliphatic heterocycles. The standard InChI is InChI=1S/C16H15BrN4O/c1-21-9-13(18-10-21)14-19-15(20-22-14)16(7-2-8-16)11-3-5-12(17)6-4-11/h3-6,9-10H,2,7-8H2,1H3. The van der Waals surface area contributed by atoms with Crippen LogP contribution in [0.4, 0.5) is 0 Å². The highest BCUT2D eigenvalue weighted by atomic mass is 79.9. The fourth-order valence-electron chi connectivity index (χ4n) is 2.99. The second-order valence-corrected chi connectivity index (χ2v) is 6.71.